The zero-order valence-corrected chi connectivity index (χ0v) is 18.1. The Morgan fingerprint density at radius 2 is 2.00 bits per heavy atom. The molecular formula is C22H27N5O4. The van der Waals surface area contributed by atoms with Crippen molar-refractivity contribution in [3.05, 3.63) is 40.8 Å². The first kappa shape index (κ1) is 22.1. The summed E-state index contributed by atoms with van der Waals surface area (Å²) in [5.74, 6) is 1.26. The van der Waals surface area contributed by atoms with Crippen LogP contribution in [0.25, 0.3) is 22.4 Å². The summed E-state index contributed by atoms with van der Waals surface area (Å²) in [4.78, 5) is 36.2. The van der Waals surface area contributed by atoms with E-state index in [1.807, 2.05) is 19.9 Å². The molecule has 164 valence electrons. The Kier molecular flexibility index (Phi) is 7.07. The van der Waals surface area contributed by atoms with Gasteiger partial charge in [0.25, 0.3) is 5.56 Å². The first-order chi connectivity index (χ1) is 14.9. The van der Waals surface area contributed by atoms with Crippen molar-refractivity contribution in [2.24, 2.45) is 5.92 Å². The van der Waals surface area contributed by atoms with Crippen LogP contribution in [0.1, 0.15) is 20.3 Å². The lowest BCUT2D eigenvalue weighted by Crippen LogP contribution is -2.29. The Balaban J connectivity index is 1.85. The number of nitrogens with one attached hydrogen (secondary N) is 3. The van der Waals surface area contributed by atoms with E-state index in [2.05, 4.69) is 25.6 Å². The van der Waals surface area contributed by atoms with Crippen molar-refractivity contribution in [2.45, 2.75) is 20.3 Å². The van der Waals surface area contributed by atoms with Crippen LogP contribution in [0, 0.1) is 5.92 Å². The molecule has 0 aliphatic rings. The summed E-state index contributed by atoms with van der Waals surface area (Å²) in [5, 5.41) is 6.53. The van der Waals surface area contributed by atoms with Gasteiger partial charge in [-0.1, -0.05) is 13.8 Å². The van der Waals surface area contributed by atoms with Gasteiger partial charge in [0, 0.05) is 37.3 Å². The van der Waals surface area contributed by atoms with Crippen LogP contribution in [0.3, 0.4) is 0 Å². The van der Waals surface area contributed by atoms with Crippen LogP contribution in [0.4, 0.5) is 5.69 Å². The second-order valence-corrected chi connectivity index (χ2v) is 7.26. The predicted molar refractivity (Wildman–Crippen MR) is 120 cm³/mol. The third-order valence-corrected chi connectivity index (χ3v) is 4.73. The third kappa shape index (κ3) is 5.11. The van der Waals surface area contributed by atoms with E-state index >= 15 is 0 Å². The number of pyridine rings is 1. The molecule has 1 amide bonds. The minimum Gasteiger partial charge on any atom is -0.497 e. The fraction of sp³-hybridized carbons (Fsp3) is 0.364. The molecule has 3 rings (SSSR count). The molecule has 0 saturated heterocycles. The molecule has 0 aliphatic carbocycles. The van der Waals surface area contributed by atoms with Gasteiger partial charge in [-0.2, -0.15) is 0 Å². The molecule has 0 spiro atoms. The number of carbonyl (C=O) groups excluding carboxylic acids is 1. The van der Waals surface area contributed by atoms with Crippen LogP contribution in [0.15, 0.2) is 35.3 Å². The number of rotatable bonds is 9. The summed E-state index contributed by atoms with van der Waals surface area (Å²) in [6.07, 6.45) is 2.38. The van der Waals surface area contributed by atoms with Gasteiger partial charge in [-0.15, -0.1) is 0 Å². The molecule has 1 aromatic carbocycles. The molecule has 0 saturated carbocycles. The number of methoxy groups -OCH3 is 2. The van der Waals surface area contributed by atoms with E-state index in [0.29, 0.717) is 47.0 Å². The molecule has 3 N–H and O–H groups in total. The Labute approximate surface area is 180 Å². The van der Waals surface area contributed by atoms with Crippen LogP contribution < -0.4 is 25.7 Å². The summed E-state index contributed by atoms with van der Waals surface area (Å²) >= 11 is 0. The number of fused-ring (bicyclic) bond motifs is 1. The van der Waals surface area contributed by atoms with Gasteiger partial charge in [0.1, 0.15) is 22.6 Å². The highest BCUT2D eigenvalue weighted by atomic mass is 16.5. The maximum Gasteiger partial charge on any atom is 0.262 e. The quantitative estimate of drug-likeness (QED) is 0.451. The Morgan fingerprint density at radius 1 is 1.19 bits per heavy atom. The number of benzene rings is 1. The molecule has 2 heterocycles. The van der Waals surface area contributed by atoms with E-state index in [-0.39, 0.29) is 17.4 Å². The topological polar surface area (TPSA) is 118 Å². The van der Waals surface area contributed by atoms with Crippen molar-refractivity contribution in [2.75, 3.05) is 32.6 Å². The summed E-state index contributed by atoms with van der Waals surface area (Å²) in [6, 6.07) is 7.00. The number of hydrogen-bond acceptors (Lipinski definition) is 7. The minimum absolute atomic E-state index is 0.0332. The average molecular weight is 425 g/mol. The highest BCUT2D eigenvalue weighted by Crippen LogP contribution is 2.29. The molecular weight excluding hydrogens is 398 g/mol. The molecule has 3 aromatic rings. The third-order valence-electron chi connectivity index (χ3n) is 4.73. The number of aromatic nitrogens is 3. The number of amides is 1. The van der Waals surface area contributed by atoms with Crippen molar-refractivity contribution in [3.63, 3.8) is 0 Å². The first-order valence-corrected chi connectivity index (χ1v) is 10.1. The molecule has 2 aromatic heterocycles. The summed E-state index contributed by atoms with van der Waals surface area (Å²) in [7, 11) is 3.03. The molecule has 0 radical (unpaired) electrons. The smallest absolute Gasteiger partial charge is 0.262 e. The number of anilines is 1. The summed E-state index contributed by atoms with van der Waals surface area (Å²) in [6.45, 7) is 4.91. The lowest BCUT2D eigenvalue weighted by atomic mass is 10.2. The number of nitrogens with zero attached hydrogens (tertiary/aromatic N) is 2. The highest BCUT2D eigenvalue weighted by molar-refractivity contribution is 5.87. The van der Waals surface area contributed by atoms with Gasteiger partial charge in [-0.3, -0.25) is 14.6 Å². The number of ether oxygens (including phenoxy) is 2. The fourth-order valence-electron chi connectivity index (χ4n) is 3.07. The molecule has 0 unspecified atom stereocenters. The SMILES string of the molecule is COc1cc(OC)c2c(=O)[nH]c(-c3ncccc3NCCCNC(=O)C(C)C)nc2c1. The minimum atomic E-state index is -0.326. The second-order valence-electron chi connectivity index (χ2n) is 7.26. The molecule has 31 heavy (non-hydrogen) atoms. The summed E-state index contributed by atoms with van der Waals surface area (Å²) < 4.78 is 10.6. The van der Waals surface area contributed by atoms with Gasteiger partial charge in [0.2, 0.25) is 5.91 Å². The highest BCUT2D eigenvalue weighted by Gasteiger charge is 2.15. The van der Waals surface area contributed by atoms with E-state index < -0.39 is 0 Å². The van der Waals surface area contributed by atoms with Crippen LogP contribution >= 0.6 is 0 Å². The number of carbonyl (C=O) groups is 1. The van der Waals surface area contributed by atoms with E-state index in [9.17, 15) is 9.59 Å². The lowest BCUT2D eigenvalue weighted by molar-refractivity contribution is -0.123. The van der Waals surface area contributed by atoms with Gasteiger partial charge >= 0.3 is 0 Å². The Bertz CT molecular complexity index is 1130. The molecule has 0 aliphatic heterocycles. The lowest BCUT2D eigenvalue weighted by Gasteiger charge is -2.13. The van der Waals surface area contributed by atoms with Gasteiger partial charge in [0.05, 0.1) is 25.4 Å². The van der Waals surface area contributed by atoms with Crippen molar-refractivity contribution in [1.82, 2.24) is 20.3 Å². The predicted octanol–water partition coefficient (Wildman–Crippen LogP) is 2.58. The molecule has 0 atom stereocenters. The van der Waals surface area contributed by atoms with E-state index in [1.54, 1.807) is 31.5 Å². The van der Waals surface area contributed by atoms with Gasteiger partial charge < -0.3 is 25.1 Å². The molecule has 0 fully saturated rings. The van der Waals surface area contributed by atoms with E-state index in [1.165, 1.54) is 7.11 Å². The van der Waals surface area contributed by atoms with Crippen molar-refractivity contribution >= 4 is 22.5 Å². The Morgan fingerprint density at radius 3 is 2.71 bits per heavy atom. The maximum atomic E-state index is 12.8. The largest absolute Gasteiger partial charge is 0.497 e. The first-order valence-electron chi connectivity index (χ1n) is 10.1. The van der Waals surface area contributed by atoms with Crippen LogP contribution in [-0.2, 0) is 4.79 Å². The molecule has 9 nitrogen and oxygen atoms in total. The number of aromatic amines is 1. The average Bonchev–Trinajstić information content (AvgIpc) is 2.77. The van der Waals surface area contributed by atoms with Gasteiger partial charge in [-0.25, -0.2) is 4.98 Å². The van der Waals surface area contributed by atoms with Gasteiger partial charge in [-0.05, 0) is 18.6 Å². The van der Waals surface area contributed by atoms with Gasteiger partial charge in [0.15, 0.2) is 5.82 Å². The van der Waals surface area contributed by atoms with Crippen molar-refractivity contribution < 1.29 is 14.3 Å². The normalized spacial score (nSPS) is 10.9. The fourth-order valence-corrected chi connectivity index (χ4v) is 3.07. The second kappa shape index (κ2) is 9.92. The van der Waals surface area contributed by atoms with Crippen LogP contribution in [-0.4, -0.2) is 48.2 Å². The Hall–Kier alpha value is -3.62. The maximum absolute atomic E-state index is 12.8. The molecule has 9 heteroatoms. The van der Waals surface area contributed by atoms with Crippen molar-refractivity contribution in [1.29, 1.82) is 0 Å². The zero-order valence-electron chi connectivity index (χ0n) is 18.1. The van der Waals surface area contributed by atoms with Crippen LogP contribution in [0.5, 0.6) is 11.5 Å². The van der Waals surface area contributed by atoms with Crippen molar-refractivity contribution in [3.8, 4) is 23.0 Å². The standard InChI is InChI=1S/C22H27N5O4/c1-13(2)21(28)25-10-6-9-23-15-7-5-8-24-19(15)20-26-16-11-14(30-3)12-17(31-4)18(16)22(29)27-20/h5,7-8,11-13,23H,6,9-10H2,1-4H3,(H,25,28)(H,26,27,29). The molecule has 0 bridgehead atoms. The van der Waals surface area contributed by atoms with E-state index in [4.69, 9.17) is 9.47 Å². The monoisotopic (exact) mass is 425 g/mol. The summed E-state index contributed by atoms with van der Waals surface area (Å²) in [5.41, 5.74) is 1.38. The number of H-pyrrole nitrogens is 1. The van der Waals surface area contributed by atoms with Crippen LogP contribution in [0.2, 0.25) is 0 Å². The number of hydrogen-bond donors (Lipinski definition) is 3. The van der Waals surface area contributed by atoms with E-state index in [0.717, 1.165) is 12.1 Å². The zero-order chi connectivity index (χ0) is 22.4.